The van der Waals surface area contributed by atoms with Gasteiger partial charge < -0.3 is 4.18 Å². The lowest BCUT2D eigenvalue weighted by atomic mass is 10.2. The minimum atomic E-state index is -0.430. The van der Waals surface area contributed by atoms with E-state index in [0.29, 0.717) is 11.3 Å². The maximum Gasteiger partial charge on any atom is 0.315 e. The first kappa shape index (κ1) is 9.85. The van der Waals surface area contributed by atoms with E-state index >= 15 is 0 Å². The monoisotopic (exact) mass is 199 g/mol. The molecule has 0 radical (unpaired) electrons. The van der Waals surface area contributed by atoms with Crippen molar-refractivity contribution in [2.75, 3.05) is 6.26 Å². The van der Waals surface area contributed by atoms with Gasteiger partial charge in [-0.2, -0.15) is 0 Å². The molecule has 0 bridgehead atoms. The van der Waals surface area contributed by atoms with Gasteiger partial charge in [0.15, 0.2) is 0 Å². The van der Waals surface area contributed by atoms with Crippen LogP contribution < -0.4 is 4.18 Å². The van der Waals surface area contributed by atoms with Gasteiger partial charge in [0, 0.05) is 11.8 Å². The van der Waals surface area contributed by atoms with Gasteiger partial charge in [0.2, 0.25) is 5.75 Å². The van der Waals surface area contributed by atoms with Crippen LogP contribution in [-0.4, -0.2) is 11.2 Å². The van der Waals surface area contributed by atoms with E-state index < -0.39 is 4.92 Å². The van der Waals surface area contributed by atoms with Crippen LogP contribution in [0, 0.1) is 17.0 Å². The molecule has 0 aliphatic rings. The number of hydrogen-bond acceptors (Lipinski definition) is 4. The Balaban J connectivity index is 3.17. The number of hydrogen-bond donors (Lipinski definition) is 0. The smallest absolute Gasteiger partial charge is 0.315 e. The Morgan fingerprint density at radius 2 is 2.23 bits per heavy atom. The molecule has 5 heteroatoms. The standard InChI is InChI=1S/C8H9NO3S/c1-6-4-3-5-7(12-13-2)8(6)9(10)11/h3-5H,1-2H3. The van der Waals surface area contributed by atoms with Crippen LogP contribution in [0.5, 0.6) is 5.75 Å². The number of rotatable bonds is 3. The van der Waals surface area contributed by atoms with E-state index in [4.69, 9.17) is 4.18 Å². The lowest BCUT2D eigenvalue weighted by molar-refractivity contribution is -0.386. The Bertz CT molecular complexity index is 327. The summed E-state index contributed by atoms with van der Waals surface area (Å²) in [6.07, 6.45) is 1.71. The second-order valence-electron chi connectivity index (χ2n) is 2.43. The highest BCUT2D eigenvalue weighted by Gasteiger charge is 2.17. The number of nitro benzene ring substituents is 1. The second-order valence-corrected chi connectivity index (χ2v) is 2.93. The van der Waals surface area contributed by atoms with Gasteiger partial charge in [-0.25, -0.2) is 0 Å². The average Bonchev–Trinajstić information content (AvgIpc) is 2.04. The highest BCUT2D eigenvalue weighted by molar-refractivity contribution is 7.94. The number of nitro groups is 1. The number of para-hydroxylation sites is 1. The molecule has 0 amide bonds. The molecule has 70 valence electrons. The van der Waals surface area contributed by atoms with Gasteiger partial charge in [0.1, 0.15) is 0 Å². The first-order valence-corrected chi connectivity index (χ1v) is 4.76. The largest absolute Gasteiger partial charge is 0.419 e. The van der Waals surface area contributed by atoms with Crippen LogP contribution in [0.1, 0.15) is 5.56 Å². The van der Waals surface area contributed by atoms with E-state index in [9.17, 15) is 10.1 Å². The van der Waals surface area contributed by atoms with Crippen LogP contribution in [0.15, 0.2) is 18.2 Å². The van der Waals surface area contributed by atoms with Crippen molar-refractivity contribution in [3.05, 3.63) is 33.9 Å². The fourth-order valence-corrected chi connectivity index (χ4v) is 1.34. The molecule has 0 aliphatic heterocycles. The van der Waals surface area contributed by atoms with Crippen molar-refractivity contribution in [3.63, 3.8) is 0 Å². The highest BCUT2D eigenvalue weighted by Crippen LogP contribution is 2.31. The quantitative estimate of drug-likeness (QED) is 0.426. The third-order valence-corrected chi connectivity index (χ3v) is 1.90. The molecule has 13 heavy (non-hydrogen) atoms. The van der Waals surface area contributed by atoms with Gasteiger partial charge in [-0.3, -0.25) is 10.1 Å². The van der Waals surface area contributed by atoms with Crippen LogP contribution in [0.2, 0.25) is 0 Å². The summed E-state index contributed by atoms with van der Waals surface area (Å²) in [5.41, 5.74) is 0.647. The Labute approximate surface area is 80.3 Å². The molecule has 1 aromatic carbocycles. The first-order chi connectivity index (χ1) is 6.16. The van der Waals surface area contributed by atoms with Crippen molar-refractivity contribution in [2.24, 2.45) is 0 Å². The number of benzene rings is 1. The lowest BCUT2D eigenvalue weighted by Crippen LogP contribution is -1.94. The Morgan fingerprint density at radius 1 is 1.54 bits per heavy atom. The highest BCUT2D eigenvalue weighted by atomic mass is 32.2. The van der Waals surface area contributed by atoms with Crippen molar-refractivity contribution in [3.8, 4) is 5.75 Å². The van der Waals surface area contributed by atoms with E-state index in [1.165, 1.54) is 0 Å². The van der Waals surface area contributed by atoms with E-state index in [0.717, 1.165) is 12.0 Å². The fourth-order valence-electron chi connectivity index (χ4n) is 1.02. The minimum absolute atomic E-state index is 0.0388. The Morgan fingerprint density at radius 3 is 2.77 bits per heavy atom. The number of nitrogens with zero attached hydrogens (tertiary/aromatic N) is 1. The molecule has 0 fully saturated rings. The molecule has 4 nitrogen and oxygen atoms in total. The molecule has 1 rings (SSSR count). The fraction of sp³-hybridized carbons (Fsp3) is 0.250. The zero-order valence-corrected chi connectivity index (χ0v) is 8.13. The zero-order valence-electron chi connectivity index (χ0n) is 7.31. The van der Waals surface area contributed by atoms with Crippen LogP contribution in [-0.2, 0) is 0 Å². The molecule has 0 N–H and O–H groups in total. The van der Waals surface area contributed by atoms with Crippen LogP contribution in [0.3, 0.4) is 0 Å². The van der Waals surface area contributed by atoms with Gasteiger partial charge in [-0.05, 0) is 13.0 Å². The molecule has 0 unspecified atom stereocenters. The molecule has 0 saturated carbocycles. The summed E-state index contributed by atoms with van der Waals surface area (Å²) in [4.78, 5) is 10.2. The van der Waals surface area contributed by atoms with Crippen molar-refractivity contribution >= 4 is 17.7 Å². The van der Waals surface area contributed by atoms with Gasteiger partial charge in [0.05, 0.1) is 17.0 Å². The summed E-state index contributed by atoms with van der Waals surface area (Å²) in [6.45, 7) is 1.69. The predicted octanol–water partition coefficient (Wildman–Crippen LogP) is 2.56. The van der Waals surface area contributed by atoms with Crippen molar-refractivity contribution in [1.82, 2.24) is 0 Å². The summed E-state index contributed by atoms with van der Waals surface area (Å²) < 4.78 is 5.05. The zero-order chi connectivity index (χ0) is 9.84. The lowest BCUT2D eigenvalue weighted by Gasteiger charge is -2.03. The van der Waals surface area contributed by atoms with E-state index in [-0.39, 0.29) is 5.69 Å². The van der Waals surface area contributed by atoms with E-state index in [1.807, 2.05) is 0 Å². The topological polar surface area (TPSA) is 52.4 Å². The average molecular weight is 199 g/mol. The molecule has 0 atom stereocenters. The second kappa shape index (κ2) is 4.13. The predicted molar refractivity (Wildman–Crippen MR) is 52.0 cm³/mol. The van der Waals surface area contributed by atoms with Crippen LogP contribution in [0.25, 0.3) is 0 Å². The number of aryl methyl sites for hydroxylation is 1. The van der Waals surface area contributed by atoms with Crippen LogP contribution >= 0.6 is 12.0 Å². The van der Waals surface area contributed by atoms with E-state index in [2.05, 4.69) is 0 Å². The molecular weight excluding hydrogens is 190 g/mol. The maximum atomic E-state index is 10.6. The summed E-state index contributed by atoms with van der Waals surface area (Å²) in [7, 11) is 0. The van der Waals surface area contributed by atoms with Crippen LogP contribution in [0.4, 0.5) is 5.69 Å². The summed E-state index contributed by atoms with van der Waals surface area (Å²) in [6, 6.07) is 5.00. The molecule has 0 spiro atoms. The van der Waals surface area contributed by atoms with Gasteiger partial charge >= 0.3 is 5.69 Å². The summed E-state index contributed by atoms with van der Waals surface area (Å²) in [5.74, 6) is 0.303. The van der Waals surface area contributed by atoms with Gasteiger partial charge in [-0.15, -0.1) is 0 Å². The Hall–Kier alpha value is -1.23. The van der Waals surface area contributed by atoms with Crippen molar-refractivity contribution in [2.45, 2.75) is 6.92 Å². The van der Waals surface area contributed by atoms with E-state index in [1.54, 1.807) is 31.4 Å². The SMILES string of the molecule is CSOc1cccc(C)c1[N+](=O)[O-]. The summed E-state index contributed by atoms with van der Waals surface area (Å²) in [5, 5.41) is 10.6. The van der Waals surface area contributed by atoms with Gasteiger partial charge in [-0.1, -0.05) is 12.1 Å². The molecule has 0 aromatic heterocycles. The molecular formula is C8H9NO3S. The minimum Gasteiger partial charge on any atom is -0.419 e. The van der Waals surface area contributed by atoms with Crippen molar-refractivity contribution in [1.29, 1.82) is 0 Å². The third-order valence-electron chi connectivity index (χ3n) is 1.56. The summed E-state index contributed by atoms with van der Waals surface area (Å²) >= 11 is 1.09. The third kappa shape index (κ3) is 2.12. The molecule has 0 heterocycles. The van der Waals surface area contributed by atoms with Crippen molar-refractivity contribution < 1.29 is 9.11 Å². The maximum absolute atomic E-state index is 10.6. The molecule has 0 aliphatic carbocycles. The Kier molecular flexibility index (Phi) is 3.13. The molecule has 1 aromatic rings. The normalized spacial score (nSPS) is 9.69. The molecule has 0 saturated heterocycles. The first-order valence-electron chi connectivity index (χ1n) is 3.61. The van der Waals surface area contributed by atoms with Gasteiger partial charge in [0.25, 0.3) is 0 Å².